The van der Waals surface area contributed by atoms with Gasteiger partial charge in [0.25, 0.3) is 5.91 Å². The first-order valence-electron chi connectivity index (χ1n) is 13.0. The van der Waals surface area contributed by atoms with Crippen molar-refractivity contribution in [3.63, 3.8) is 0 Å². The molecule has 0 spiro atoms. The van der Waals surface area contributed by atoms with Gasteiger partial charge in [-0.3, -0.25) is 14.4 Å². The zero-order valence-electron chi connectivity index (χ0n) is 21.7. The number of hydrogen-bond donors (Lipinski definition) is 3. The SMILES string of the molecule is NC(=O)C(CCC(F)(F)F)C(CCC(F)(F)F)C(=O)NC1N=C(c2ccccc2)c2cccc(C3CC3)c2NC1=O. The summed E-state index contributed by atoms with van der Waals surface area (Å²) in [7, 11) is 0. The van der Waals surface area contributed by atoms with Gasteiger partial charge in [0.2, 0.25) is 18.0 Å². The Kier molecular flexibility index (Phi) is 8.74. The summed E-state index contributed by atoms with van der Waals surface area (Å²) in [4.78, 5) is 43.2. The average Bonchev–Trinajstić information content (AvgIpc) is 3.73. The summed E-state index contributed by atoms with van der Waals surface area (Å²) in [5.74, 6) is -6.90. The molecule has 0 aromatic heterocycles. The van der Waals surface area contributed by atoms with Crippen molar-refractivity contribution in [2.24, 2.45) is 22.6 Å². The monoisotopic (exact) mass is 582 g/mol. The van der Waals surface area contributed by atoms with Gasteiger partial charge in [0, 0.05) is 35.8 Å². The molecule has 0 saturated heterocycles. The third kappa shape index (κ3) is 7.86. The second-order valence-electron chi connectivity index (χ2n) is 10.2. The highest BCUT2D eigenvalue weighted by Gasteiger charge is 2.41. The Labute approximate surface area is 231 Å². The number of benzodiazepines with no additional fused rings is 1. The Morgan fingerprint density at radius 3 is 2.10 bits per heavy atom. The summed E-state index contributed by atoms with van der Waals surface area (Å²) >= 11 is 0. The number of primary amides is 1. The number of nitrogens with one attached hydrogen (secondary N) is 2. The van der Waals surface area contributed by atoms with Crippen LogP contribution in [0.25, 0.3) is 0 Å². The van der Waals surface area contributed by atoms with Crippen molar-refractivity contribution in [1.82, 2.24) is 5.32 Å². The first-order valence-corrected chi connectivity index (χ1v) is 13.0. The Morgan fingerprint density at radius 2 is 1.54 bits per heavy atom. The lowest BCUT2D eigenvalue weighted by molar-refractivity contribution is -0.152. The van der Waals surface area contributed by atoms with Crippen molar-refractivity contribution in [3.8, 4) is 0 Å². The predicted molar refractivity (Wildman–Crippen MR) is 138 cm³/mol. The van der Waals surface area contributed by atoms with Crippen LogP contribution in [0, 0.1) is 11.8 Å². The van der Waals surface area contributed by atoms with Crippen molar-refractivity contribution in [2.75, 3.05) is 5.32 Å². The standard InChI is InChI=1S/C28H28F6N4O3/c29-27(30,31)13-11-18(23(35)39)19(12-14-28(32,33)34)25(40)38-24-26(41)37-22-17(15-9-10-15)7-4-8-20(22)21(36-24)16-5-2-1-3-6-16/h1-8,15,18-19,24H,9-14H2,(H2,35,39)(H,37,41)(H,38,40). The zero-order valence-corrected chi connectivity index (χ0v) is 21.7. The summed E-state index contributed by atoms with van der Waals surface area (Å²) in [5.41, 5.74) is 8.11. The molecule has 7 nitrogen and oxygen atoms in total. The first-order chi connectivity index (χ1) is 19.2. The van der Waals surface area contributed by atoms with E-state index < -0.39 is 73.8 Å². The van der Waals surface area contributed by atoms with E-state index >= 15 is 0 Å². The summed E-state index contributed by atoms with van der Waals surface area (Å²) in [6.45, 7) is 0. The van der Waals surface area contributed by atoms with Crippen molar-refractivity contribution < 1.29 is 40.7 Å². The van der Waals surface area contributed by atoms with E-state index in [1.54, 1.807) is 42.5 Å². The lowest BCUT2D eigenvalue weighted by Gasteiger charge is -2.26. The van der Waals surface area contributed by atoms with Gasteiger partial charge in [0.1, 0.15) is 0 Å². The summed E-state index contributed by atoms with van der Waals surface area (Å²) in [6, 6.07) is 14.1. The maximum atomic E-state index is 13.3. The fraction of sp³-hybridized carbons (Fsp3) is 0.429. The van der Waals surface area contributed by atoms with E-state index in [0.717, 1.165) is 18.4 Å². The number of nitrogens with two attached hydrogens (primary N) is 1. The number of benzene rings is 2. The Morgan fingerprint density at radius 1 is 0.927 bits per heavy atom. The van der Waals surface area contributed by atoms with E-state index in [1.165, 1.54) is 0 Å². The number of alkyl halides is 6. The van der Waals surface area contributed by atoms with Gasteiger partial charge in [-0.25, -0.2) is 4.99 Å². The van der Waals surface area contributed by atoms with Crippen LogP contribution in [0.1, 0.15) is 61.1 Å². The predicted octanol–water partition coefficient (Wildman–Crippen LogP) is 5.20. The Hall–Kier alpha value is -3.90. The number of carbonyl (C=O) groups excluding carboxylic acids is 3. The molecule has 1 aliphatic heterocycles. The van der Waals surface area contributed by atoms with Gasteiger partial charge in [-0.15, -0.1) is 0 Å². The van der Waals surface area contributed by atoms with Crippen molar-refractivity contribution in [2.45, 2.75) is 63.0 Å². The third-order valence-electron chi connectivity index (χ3n) is 7.12. The quantitative estimate of drug-likeness (QED) is 0.335. The molecule has 1 aliphatic carbocycles. The van der Waals surface area contributed by atoms with Crippen molar-refractivity contribution >= 4 is 29.1 Å². The van der Waals surface area contributed by atoms with E-state index in [0.29, 0.717) is 22.5 Å². The molecule has 3 atom stereocenters. The van der Waals surface area contributed by atoms with Gasteiger partial charge in [-0.1, -0.05) is 48.5 Å². The lowest BCUT2D eigenvalue weighted by atomic mass is 9.83. The topological polar surface area (TPSA) is 114 Å². The molecule has 2 aromatic rings. The minimum Gasteiger partial charge on any atom is -0.369 e. The van der Waals surface area contributed by atoms with Crippen LogP contribution in [-0.4, -0.2) is 42.0 Å². The first kappa shape index (κ1) is 30.1. The van der Waals surface area contributed by atoms with Crippen molar-refractivity contribution in [3.05, 3.63) is 65.2 Å². The minimum atomic E-state index is -4.76. The van der Waals surface area contributed by atoms with Gasteiger partial charge in [0.15, 0.2) is 0 Å². The molecule has 1 fully saturated rings. The van der Waals surface area contributed by atoms with E-state index in [4.69, 9.17) is 5.73 Å². The van der Waals surface area contributed by atoms with Gasteiger partial charge < -0.3 is 16.4 Å². The zero-order chi connectivity index (χ0) is 29.9. The van der Waals surface area contributed by atoms with Crippen LogP contribution in [0.15, 0.2) is 53.5 Å². The van der Waals surface area contributed by atoms with E-state index in [9.17, 15) is 40.7 Å². The highest BCUT2D eigenvalue weighted by molar-refractivity contribution is 6.20. The molecule has 0 bridgehead atoms. The molecule has 3 unspecified atom stereocenters. The number of rotatable bonds is 10. The number of para-hydroxylation sites is 1. The van der Waals surface area contributed by atoms with Crippen LogP contribution >= 0.6 is 0 Å². The fourth-order valence-electron chi connectivity index (χ4n) is 4.95. The molecule has 4 N–H and O–H groups in total. The maximum absolute atomic E-state index is 13.3. The highest BCUT2D eigenvalue weighted by Crippen LogP contribution is 2.45. The lowest BCUT2D eigenvalue weighted by Crippen LogP contribution is -2.48. The molecule has 3 amide bonds. The summed E-state index contributed by atoms with van der Waals surface area (Å²) < 4.78 is 78.0. The third-order valence-corrected chi connectivity index (χ3v) is 7.12. The minimum absolute atomic E-state index is 0.213. The highest BCUT2D eigenvalue weighted by atomic mass is 19.4. The van der Waals surface area contributed by atoms with Crippen LogP contribution in [0.2, 0.25) is 0 Å². The molecular weight excluding hydrogens is 554 g/mol. The Balaban J connectivity index is 1.69. The van der Waals surface area contributed by atoms with E-state index in [1.807, 2.05) is 6.07 Å². The molecule has 41 heavy (non-hydrogen) atoms. The van der Waals surface area contributed by atoms with Gasteiger partial charge in [0.05, 0.1) is 11.4 Å². The number of amides is 3. The number of aliphatic imine (C=N–C) groups is 1. The fourth-order valence-corrected chi connectivity index (χ4v) is 4.95. The molecule has 2 aromatic carbocycles. The average molecular weight is 583 g/mol. The molecule has 4 rings (SSSR count). The number of halogens is 6. The molecule has 1 saturated carbocycles. The van der Waals surface area contributed by atoms with Crippen LogP contribution < -0.4 is 16.4 Å². The van der Waals surface area contributed by atoms with E-state index in [-0.39, 0.29) is 5.92 Å². The maximum Gasteiger partial charge on any atom is 0.389 e. The van der Waals surface area contributed by atoms with Crippen LogP contribution in [-0.2, 0) is 14.4 Å². The summed E-state index contributed by atoms with van der Waals surface area (Å²) in [5, 5.41) is 5.05. The van der Waals surface area contributed by atoms with Crippen LogP contribution in [0.3, 0.4) is 0 Å². The molecule has 1 heterocycles. The molecule has 2 aliphatic rings. The molecular formula is C28H28F6N4O3. The second kappa shape index (κ2) is 11.9. The van der Waals surface area contributed by atoms with Gasteiger partial charge >= 0.3 is 12.4 Å². The number of fused-ring (bicyclic) bond motifs is 1. The number of carbonyl (C=O) groups is 3. The Bertz CT molecular complexity index is 1320. The molecule has 0 radical (unpaired) electrons. The van der Waals surface area contributed by atoms with Crippen LogP contribution in [0.5, 0.6) is 0 Å². The van der Waals surface area contributed by atoms with Crippen molar-refractivity contribution in [1.29, 1.82) is 0 Å². The second-order valence-corrected chi connectivity index (χ2v) is 10.2. The van der Waals surface area contributed by atoms with E-state index in [2.05, 4.69) is 15.6 Å². The number of hydrogen-bond acceptors (Lipinski definition) is 4. The molecule has 220 valence electrons. The normalized spacial score (nSPS) is 18.8. The largest absolute Gasteiger partial charge is 0.389 e. The van der Waals surface area contributed by atoms with Gasteiger partial charge in [-0.2, -0.15) is 26.3 Å². The number of anilines is 1. The summed E-state index contributed by atoms with van der Waals surface area (Å²) in [6.07, 6.45) is -14.4. The smallest absolute Gasteiger partial charge is 0.369 e. The van der Waals surface area contributed by atoms with Crippen LogP contribution in [0.4, 0.5) is 32.0 Å². The number of nitrogens with zero attached hydrogens (tertiary/aromatic N) is 1. The van der Waals surface area contributed by atoms with Gasteiger partial charge in [-0.05, 0) is 37.2 Å². The molecule has 13 heteroatoms.